The van der Waals surface area contributed by atoms with Crippen LogP contribution in [0.25, 0.3) is 5.82 Å². The van der Waals surface area contributed by atoms with E-state index in [1.54, 1.807) is 29.9 Å². The second-order valence-corrected chi connectivity index (χ2v) is 6.94. The fraction of sp³-hybridized carbons (Fsp3) is 0.550. The summed E-state index contributed by atoms with van der Waals surface area (Å²) in [4.78, 5) is 16.0. The third-order valence-corrected chi connectivity index (χ3v) is 4.85. The lowest BCUT2D eigenvalue weighted by molar-refractivity contribution is 0.0526. The van der Waals surface area contributed by atoms with Crippen molar-refractivity contribution in [2.45, 2.75) is 52.6 Å². The van der Waals surface area contributed by atoms with Crippen molar-refractivity contribution in [2.24, 2.45) is 11.8 Å². The Kier molecular flexibility index (Phi) is 6.37. The van der Waals surface area contributed by atoms with E-state index in [4.69, 9.17) is 21.1 Å². The summed E-state index contributed by atoms with van der Waals surface area (Å²) in [6.45, 7) is 6.04. The average molecular weight is 392 g/mol. The molecule has 0 unspecified atom stereocenters. The normalized spacial score (nSPS) is 15.9. The number of ether oxygens (including phenoxy) is 2. The van der Waals surface area contributed by atoms with Gasteiger partial charge in [0.1, 0.15) is 11.3 Å². The van der Waals surface area contributed by atoms with Crippen LogP contribution >= 0.6 is 11.6 Å². The predicted molar refractivity (Wildman–Crippen MR) is 104 cm³/mol. The van der Waals surface area contributed by atoms with Gasteiger partial charge in [-0.15, -0.1) is 5.10 Å². The zero-order valence-electron chi connectivity index (χ0n) is 16.0. The van der Waals surface area contributed by atoms with Crippen LogP contribution < -0.4 is 4.74 Å². The van der Waals surface area contributed by atoms with Gasteiger partial charge in [0.2, 0.25) is 5.88 Å². The van der Waals surface area contributed by atoms with Crippen LogP contribution in [0.2, 0.25) is 5.15 Å². The first-order valence-electron chi connectivity index (χ1n) is 9.72. The fourth-order valence-electron chi connectivity index (χ4n) is 2.98. The number of carbonyl (C=O) groups excluding carboxylic acids is 1. The van der Waals surface area contributed by atoms with Crippen LogP contribution in [0.5, 0.6) is 5.88 Å². The lowest BCUT2D eigenvalue weighted by Gasteiger charge is -2.15. The number of hydrogen-bond acceptors (Lipinski definition) is 5. The van der Waals surface area contributed by atoms with Gasteiger partial charge in [-0.1, -0.05) is 25.4 Å². The summed E-state index contributed by atoms with van der Waals surface area (Å²) in [7, 11) is 0. The molecule has 0 saturated heterocycles. The number of pyridine rings is 1. The number of rotatable bonds is 7. The smallest absolute Gasteiger partial charge is 0.341 e. The molecule has 27 heavy (non-hydrogen) atoms. The van der Waals surface area contributed by atoms with E-state index in [0.29, 0.717) is 36.2 Å². The molecule has 2 saturated carbocycles. The Hall–Kier alpha value is -2.08. The van der Waals surface area contributed by atoms with Gasteiger partial charge >= 0.3 is 5.97 Å². The molecular weight excluding hydrogens is 366 g/mol. The van der Waals surface area contributed by atoms with Gasteiger partial charge in [0, 0.05) is 12.3 Å². The van der Waals surface area contributed by atoms with Gasteiger partial charge in [-0.3, -0.25) is 0 Å². The molecule has 0 spiro atoms. The summed E-state index contributed by atoms with van der Waals surface area (Å²) in [6, 6.07) is 5.13. The van der Waals surface area contributed by atoms with Crippen molar-refractivity contribution in [1.82, 2.24) is 14.8 Å². The van der Waals surface area contributed by atoms with Gasteiger partial charge in [-0.2, -0.15) is 0 Å². The minimum Gasteiger partial charge on any atom is -0.473 e. The van der Waals surface area contributed by atoms with E-state index in [-0.39, 0.29) is 10.7 Å². The Morgan fingerprint density at radius 3 is 2.44 bits per heavy atom. The minimum absolute atomic E-state index is 0.0998. The van der Waals surface area contributed by atoms with E-state index in [0.717, 1.165) is 0 Å². The van der Waals surface area contributed by atoms with Crippen LogP contribution in [0.15, 0.2) is 24.4 Å². The molecule has 4 rings (SSSR count). The van der Waals surface area contributed by atoms with Crippen molar-refractivity contribution in [1.29, 1.82) is 0 Å². The molecule has 2 fully saturated rings. The van der Waals surface area contributed by atoms with E-state index in [2.05, 4.69) is 10.1 Å². The molecule has 0 N–H and O–H groups in total. The van der Waals surface area contributed by atoms with E-state index in [1.165, 1.54) is 25.7 Å². The molecule has 0 aromatic carbocycles. The first-order chi connectivity index (χ1) is 13.2. The highest BCUT2D eigenvalue weighted by molar-refractivity contribution is 6.32. The second kappa shape index (κ2) is 8.74. The molecule has 2 aliphatic rings. The van der Waals surface area contributed by atoms with Crippen LogP contribution in [0.3, 0.4) is 0 Å². The largest absolute Gasteiger partial charge is 0.473 e. The lowest BCUT2D eigenvalue weighted by atomic mass is 10.1. The summed E-state index contributed by atoms with van der Waals surface area (Å²) in [5.41, 5.74) is 0.249. The number of halogens is 1. The molecule has 2 heterocycles. The average Bonchev–Trinajstić information content (AvgIpc) is 3.61. The van der Waals surface area contributed by atoms with E-state index in [1.807, 2.05) is 19.9 Å². The van der Waals surface area contributed by atoms with E-state index >= 15 is 0 Å². The van der Waals surface area contributed by atoms with Crippen LogP contribution in [0, 0.1) is 11.8 Å². The predicted octanol–water partition coefficient (Wildman–Crippen LogP) is 4.69. The van der Waals surface area contributed by atoms with Crippen molar-refractivity contribution < 1.29 is 14.3 Å². The van der Waals surface area contributed by atoms with Crippen LogP contribution in [0.1, 0.15) is 56.8 Å². The molecule has 0 atom stereocenters. The third-order valence-electron chi connectivity index (χ3n) is 4.56. The van der Waals surface area contributed by atoms with Crippen molar-refractivity contribution >= 4 is 17.6 Å². The van der Waals surface area contributed by atoms with Crippen molar-refractivity contribution in [3.8, 4) is 11.7 Å². The van der Waals surface area contributed by atoms with Gasteiger partial charge in [-0.25, -0.2) is 14.5 Å². The molecule has 7 heteroatoms. The third kappa shape index (κ3) is 4.80. The van der Waals surface area contributed by atoms with Crippen molar-refractivity contribution in [2.75, 3.05) is 6.61 Å². The van der Waals surface area contributed by atoms with Crippen LogP contribution in [-0.4, -0.2) is 33.4 Å². The zero-order valence-corrected chi connectivity index (χ0v) is 16.8. The molecule has 6 nitrogen and oxygen atoms in total. The Balaban J connectivity index is 0.00000102. The molecule has 0 radical (unpaired) electrons. The number of nitrogens with zero attached hydrogens (tertiary/aromatic N) is 3. The minimum atomic E-state index is -0.479. The Bertz CT molecular complexity index is 773. The SMILES string of the molecule is CC.CCOC(=O)c1ccc(-n2ccc(OC(C3CC3)C3CC3)n2)nc1Cl. The number of aromatic nitrogens is 3. The summed E-state index contributed by atoms with van der Waals surface area (Å²) in [6.07, 6.45) is 7.12. The first-order valence-corrected chi connectivity index (χ1v) is 10.1. The number of carbonyl (C=O) groups is 1. The molecule has 2 aromatic rings. The Morgan fingerprint density at radius 1 is 1.22 bits per heavy atom. The molecule has 0 amide bonds. The lowest BCUT2D eigenvalue weighted by Crippen LogP contribution is -2.21. The Morgan fingerprint density at radius 2 is 1.89 bits per heavy atom. The molecule has 2 aliphatic carbocycles. The van der Waals surface area contributed by atoms with E-state index in [9.17, 15) is 4.79 Å². The maximum absolute atomic E-state index is 11.8. The summed E-state index contributed by atoms with van der Waals surface area (Å²) < 4.78 is 12.7. The van der Waals surface area contributed by atoms with Gasteiger partial charge in [0.25, 0.3) is 0 Å². The van der Waals surface area contributed by atoms with Crippen molar-refractivity contribution in [3.63, 3.8) is 0 Å². The Labute approximate surface area is 164 Å². The zero-order chi connectivity index (χ0) is 19.4. The van der Waals surface area contributed by atoms with Gasteiger partial charge < -0.3 is 9.47 Å². The monoisotopic (exact) mass is 391 g/mol. The summed E-state index contributed by atoms with van der Waals surface area (Å²) in [5, 5.41) is 4.55. The molecule has 146 valence electrons. The highest BCUT2D eigenvalue weighted by Crippen LogP contribution is 2.46. The van der Waals surface area contributed by atoms with Crippen LogP contribution in [0.4, 0.5) is 0 Å². The van der Waals surface area contributed by atoms with Crippen LogP contribution in [-0.2, 0) is 4.74 Å². The highest BCUT2D eigenvalue weighted by Gasteiger charge is 2.43. The topological polar surface area (TPSA) is 66.2 Å². The number of hydrogen-bond donors (Lipinski definition) is 0. The fourth-order valence-corrected chi connectivity index (χ4v) is 3.20. The first kappa shape index (κ1) is 19.7. The number of esters is 1. The maximum Gasteiger partial charge on any atom is 0.341 e. The van der Waals surface area contributed by atoms with E-state index < -0.39 is 5.97 Å². The molecule has 0 aliphatic heterocycles. The summed E-state index contributed by atoms with van der Waals surface area (Å²) in [5.74, 6) is 2.04. The quantitative estimate of drug-likeness (QED) is 0.506. The van der Waals surface area contributed by atoms with Gasteiger partial charge in [0.15, 0.2) is 5.82 Å². The van der Waals surface area contributed by atoms with Crippen molar-refractivity contribution in [3.05, 3.63) is 35.1 Å². The van der Waals surface area contributed by atoms with Gasteiger partial charge in [0.05, 0.1) is 12.2 Å². The molecule has 0 bridgehead atoms. The standard InChI is InChI=1S/C18H20ClN3O3.C2H6/c1-2-24-18(23)13-7-8-14(20-17(13)19)22-10-9-15(21-22)25-16(11-3-4-11)12-5-6-12;1-2/h7-12,16H,2-6H2,1H3;1-2H3. The highest BCUT2D eigenvalue weighted by atomic mass is 35.5. The van der Waals surface area contributed by atoms with Gasteiger partial charge in [-0.05, 0) is 56.6 Å². The summed E-state index contributed by atoms with van der Waals surface area (Å²) >= 11 is 6.12. The maximum atomic E-state index is 11.8. The molecular formula is C20H26ClN3O3. The second-order valence-electron chi connectivity index (χ2n) is 6.58. The molecule has 2 aromatic heterocycles.